The average molecular weight is 236 g/mol. The van der Waals surface area contributed by atoms with E-state index in [1.807, 2.05) is 0 Å². The number of halogens is 1. The van der Waals surface area contributed by atoms with Gasteiger partial charge >= 0.3 is 10.9 Å². The lowest BCUT2D eigenvalue weighted by molar-refractivity contribution is -0.429. The largest absolute Gasteiger partial charge is 0.472 e. The molecule has 0 aromatic carbocycles. The van der Waals surface area contributed by atoms with Crippen LogP contribution >= 0.6 is 11.6 Å². The Morgan fingerprint density at radius 3 is 2.53 bits per heavy atom. The molecule has 0 radical (unpaired) electrons. The Labute approximate surface area is 88.5 Å². The third kappa shape index (κ3) is 2.81. The Hall–Kier alpha value is -1.83. The molecule has 9 heteroatoms. The van der Waals surface area contributed by atoms with Crippen LogP contribution in [0.1, 0.15) is 0 Å². The summed E-state index contributed by atoms with van der Waals surface area (Å²) in [5.74, 6) is -0.111. The molecular formula is C6H6ClN3O5. The van der Waals surface area contributed by atoms with Gasteiger partial charge in [0.15, 0.2) is 0 Å². The molecule has 0 spiro atoms. The Morgan fingerprint density at radius 1 is 1.47 bits per heavy atom. The number of nitrogens with one attached hydrogen (secondary N) is 1. The van der Waals surface area contributed by atoms with E-state index in [0.29, 0.717) is 12.6 Å². The van der Waals surface area contributed by atoms with Gasteiger partial charge in [-0.25, -0.2) is 0 Å². The van der Waals surface area contributed by atoms with E-state index < -0.39 is 20.7 Å². The zero-order valence-corrected chi connectivity index (χ0v) is 8.06. The van der Waals surface area contributed by atoms with Gasteiger partial charge in [-0.2, -0.15) is 0 Å². The van der Waals surface area contributed by atoms with Crippen molar-refractivity contribution in [1.29, 1.82) is 0 Å². The van der Waals surface area contributed by atoms with E-state index in [0.717, 1.165) is 0 Å². The van der Waals surface area contributed by atoms with E-state index in [4.69, 9.17) is 16.3 Å². The van der Waals surface area contributed by atoms with Crippen molar-refractivity contribution in [1.82, 2.24) is 5.32 Å². The molecule has 0 atom stereocenters. The van der Waals surface area contributed by atoms with Crippen LogP contribution in [-0.2, 0) is 4.74 Å². The van der Waals surface area contributed by atoms with Crippen molar-refractivity contribution in [3.8, 4) is 0 Å². The van der Waals surface area contributed by atoms with Gasteiger partial charge in [-0.3, -0.25) is 20.2 Å². The topological polar surface area (TPSA) is 108 Å². The third-order valence-electron chi connectivity index (χ3n) is 1.49. The van der Waals surface area contributed by atoms with Crippen LogP contribution in [0.15, 0.2) is 22.8 Å². The highest BCUT2D eigenvalue weighted by Crippen LogP contribution is 2.14. The smallest absolute Gasteiger partial charge is 0.344 e. The fourth-order valence-electron chi connectivity index (χ4n) is 0.900. The van der Waals surface area contributed by atoms with Crippen molar-refractivity contribution in [3.63, 3.8) is 0 Å². The summed E-state index contributed by atoms with van der Waals surface area (Å²) in [6.07, 6.45) is 0.634. The molecule has 1 fully saturated rings. The van der Waals surface area contributed by atoms with Gasteiger partial charge in [0.25, 0.3) is 5.88 Å². The first-order valence-electron chi connectivity index (χ1n) is 3.79. The van der Waals surface area contributed by atoms with Crippen LogP contribution < -0.4 is 5.32 Å². The van der Waals surface area contributed by atoms with Crippen LogP contribution in [0.3, 0.4) is 0 Å². The molecule has 0 amide bonds. The van der Waals surface area contributed by atoms with E-state index >= 15 is 0 Å². The van der Waals surface area contributed by atoms with Crippen molar-refractivity contribution < 1.29 is 14.6 Å². The number of hydrogen-bond donors (Lipinski definition) is 1. The molecule has 1 heterocycles. The van der Waals surface area contributed by atoms with Gasteiger partial charge in [-0.1, -0.05) is 0 Å². The fourth-order valence-corrected chi connectivity index (χ4v) is 1.00. The van der Waals surface area contributed by atoms with Crippen LogP contribution in [0.25, 0.3) is 0 Å². The number of hydrogen-bond acceptors (Lipinski definition) is 6. The highest BCUT2D eigenvalue weighted by atomic mass is 35.5. The van der Waals surface area contributed by atoms with Crippen molar-refractivity contribution >= 4 is 11.6 Å². The van der Waals surface area contributed by atoms with Gasteiger partial charge in [0.1, 0.15) is 12.7 Å². The van der Waals surface area contributed by atoms with Gasteiger partial charge in [-0.15, -0.1) is 0 Å². The first-order valence-corrected chi connectivity index (χ1v) is 4.17. The lowest BCUT2D eigenvalue weighted by Gasteiger charge is -1.97. The van der Waals surface area contributed by atoms with Gasteiger partial charge in [0, 0.05) is 0 Å². The minimum absolute atomic E-state index is 0.111. The minimum atomic E-state index is -0.930. The van der Waals surface area contributed by atoms with E-state index in [1.165, 1.54) is 0 Å². The maximum atomic E-state index is 10.5. The Morgan fingerprint density at radius 2 is 2.13 bits per heavy atom. The second kappa shape index (κ2) is 4.60. The molecule has 0 bridgehead atoms. The number of nitrogens with zero attached hydrogens (tertiary/aromatic N) is 2. The second-order valence-electron chi connectivity index (χ2n) is 2.47. The normalized spacial score (nSPS) is 19.1. The maximum absolute atomic E-state index is 10.5. The van der Waals surface area contributed by atoms with Crippen molar-refractivity contribution in [2.24, 2.45) is 0 Å². The molecular weight excluding hydrogens is 230 g/mol. The summed E-state index contributed by atoms with van der Waals surface area (Å²) in [5, 5.41) is 22.4. The monoisotopic (exact) mass is 235 g/mol. The quantitative estimate of drug-likeness (QED) is 0.431. The number of nitro groups is 2. The molecule has 0 unspecified atom stereocenters. The number of allylic oxidation sites excluding steroid dienone is 1. The van der Waals surface area contributed by atoms with Crippen LogP contribution in [0.2, 0.25) is 0 Å². The Bertz CT molecular complexity index is 356. The molecule has 0 aromatic rings. The molecule has 0 aliphatic carbocycles. The van der Waals surface area contributed by atoms with E-state index in [9.17, 15) is 20.2 Å². The van der Waals surface area contributed by atoms with Crippen molar-refractivity contribution in [2.75, 3.05) is 13.2 Å². The van der Waals surface area contributed by atoms with Gasteiger partial charge in [0.05, 0.1) is 16.4 Å². The van der Waals surface area contributed by atoms with Crippen LogP contribution in [-0.4, -0.2) is 23.0 Å². The van der Waals surface area contributed by atoms with Gasteiger partial charge in [-0.05, 0) is 11.6 Å². The summed E-state index contributed by atoms with van der Waals surface area (Å²) in [6, 6.07) is 0. The van der Waals surface area contributed by atoms with Crippen LogP contribution in [0.5, 0.6) is 0 Å². The summed E-state index contributed by atoms with van der Waals surface area (Å²) >= 11 is 5.17. The van der Waals surface area contributed by atoms with E-state index in [-0.39, 0.29) is 12.5 Å². The Balaban J connectivity index is 3.04. The van der Waals surface area contributed by atoms with Crippen LogP contribution in [0.4, 0.5) is 0 Å². The SMILES string of the molecule is O=[N+]([O-])/C(Cl)=C\C(=C1\NCCO1)[N+](=O)[O-]. The zero-order valence-electron chi connectivity index (χ0n) is 7.31. The minimum Gasteiger partial charge on any atom is -0.472 e. The summed E-state index contributed by atoms with van der Waals surface area (Å²) in [5.41, 5.74) is -0.561. The zero-order chi connectivity index (χ0) is 11.4. The maximum Gasteiger partial charge on any atom is 0.344 e. The lowest BCUT2D eigenvalue weighted by Crippen LogP contribution is -2.12. The summed E-state index contributed by atoms with van der Waals surface area (Å²) < 4.78 is 4.86. The summed E-state index contributed by atoms with van der Waals surface area (Å²) in [4.78, 5) is 19.0. The summed E-state index contributed by atoms with van der Waals surface area (Å²) in [7, 11) is 0. The predicted octanol–water partition coefficient (Wildman–Crippen LogP) is 0.409. The van der Waals surface area contributed by atoms with Gasteiger partial charge < -0.3 is 10.1 Å². The highest BCUT2D eigenvalue weighted by molar-refractivity contribution is 6.28. The molecule has 8 nitrogen and oxygen atoms in total. The molecule has 1 saturated heterocycles. The number of ether oxygens (including phenoxy) is 1. The molecule has 0 aromatic heterocycles. The standard InChI is InChI=1S/C6H6ClN3O5/c7-5(10(13)14)3-4(9(11)12)6-8-1-2-15-6/h3,8H,1-2H2/b5-3-,6-4+. The van der Waals surface area contributed by atoms with E-state index in [1.54, 1.807) is 0 Å². The van der Waals surface area contributed by atoms with Crippen molar-refractivity contribution in [2.45, 2.75) is 0 Å². The van der Waals surface area contributed by atoms with Gasteiger partial charge in [0.2, 0.25) is 0 Å². The lowest BCUT2D eigenvalue weighted by atomic mass is 10.4. The van der Waals surface area contributed by atoms with Crippen LogP contribution in [0, 0.1) is 20.2 Å². The third-order valence-corrected chi connectivity index (χ3v) is 1.74. The number of rotatable bonds is 3. The second-order valence-corrected chi connectivity index (χ2v) is 2.86. The molecule has 1 aliphatic rings. The first-order chi connectivity index (χ1) is 7.02. The fraction of sp³-hybridized carbons (Fsp3) is 0.333. The predicted molar refractivity (Wildman–Crippen MR) is 48.9 cm³/mol. The summed E-state index contributed by atoms with van der Waals surface area (Å²) in [6.45, 7) is 0.688. The highest BCUT2D eigenvalue weighted by Gasteiger charge is 2.24. The molecule has 15 heavy (non-hydrogen) atoms. The average Bonchev–Trinajstić information content (AvgIpc) is 2.65. The van der Waals surface area contributed by atoms with E-state index in [2.05, 4.69) is 5.32 Å². The van der Waals surface area contributed by atoms with Crippen molar-refractivity contribution in [3.05, 3.63) is 43.0 Å². The molecule has 1 N–H and O–H groups in total. The molecule has 1 aliphatic heterocycles. The molecule has 1 rings (SSSR count). The molecule has 0 saturated carbocycles. The Kier molecular flexibility index (Phi) is 3.45. The molecule has 82 valence electrons. The first kappa shape index (κ1) is 11.2.